The Bertz CT molecular complexity index is 1300. The average Bonchev–Trinajstić information content (AvgIpc) is 3.14. The first kappa shape index (κ1) is 20.0. The summed E-state index contributed by atoms with van der Waals surface area (Å²) in [7, 11) is 0. The minimum Gasteiger partial charge on any atom is -0.494 e. The molecule has 3 nitrogen and oxygen atoms in total. The summed E-state index contributed by atoms with van der Waals surface area (Å²) < 4.78 is 8.77. The van der Waals surface area contributed by atoms with E-state index in [1.54, 1.807) is 11.5 Å². The molecule has 3 aromatic carbocycles. The number of rotatable bonds is 4. The highest BCUT2D eigenvalue weighted by Crippen LogP contribution is 2.48. The minimum atomic E-state index is -0.205. The normalized spacial score (nSPS) is 13.8. The summed E-state index contributed by atoms with van der Waals surface area (Å²) >= 11 is 7.73. The number of aromatic nitrogens is 1. The van der Waals surface area contributed by atoms with E-state index in [0.29, 0.717) is 6.61 Å². The summed E-state index contributed by atoms with van der Waals surface area (Å²) in [4.78, 5) is 1.24. The number of hydrogen-bond donors (Lipinski definition) is 1. The van der Waals surface area contributed by atoms with Crippen molar-refractivity contribution >= 4 is 29.4 Å². The Morgan fingerprint density at radius 3 is 2.39 bits per heavy atom. The third kappa shape index (κ3) is 3.48. The summed E-state index contributed by atoms with van der Waals surface area (Å²) in [6.07, 6.45) is 0. The van der Waals surface area contributed by atoms with Crippen molar-refractivity contribution in [2.45, 2.75) is 26.3 Å². The van der Waals surface area contributed by atoms with Gasteiger partial charge in [-0.2, -0.15) is 0 Å². The van der Waals surface area contributed by atoms with E-state index in [9.17, 15) is 0 Å². The Labute approximate surface area is 192 Å². The third-order valence-corrected chi connectivity index (χ3v) is 7.58. The number of anilines is 1. The molecule has 4 aromatic rings. The monoisotopic (exact) mass is 444 g/mol. The van der Waals surface area contributed by atoms with Crippen molar-refractivity contribution in [3.8, 4) is 33.7 Å². The highest BCUT2D eigenvalue weighted by atomic mass is 32.1. The Morgan fingerprint density at radius 1 is 0.968 bits per heavy atom. The second-order valence-corrected chi connectivity index (χ2v) is 9.54. The van der Waals surface area contributed by atoms with Crippen LogP contribution in [0.3, 0.4) is 0 Å². The Kier molecular flexibility index (Phi) is 4.95. The fraction of sp³-hybridized carbons (Fsp3) is 0.192. The van der Waals surface area contributed by atoms with Crippen LogP contribution in [0.25, 0.3) is 27.9 Å². The van der Waals surface area contributed by atoms with Crippen molar-refractivity contribution in [1.29, 1.82) is 0 Å². The molecule has 0 atom stereocenters. The summed E-state index contributed by atoms with van der Waals surface area (Å²) in [5.41, 5.74) is 6.63. The predicted molar refractivity (Wildman–Crippen MR) is 133 cm³/mol. The van der Waals surface area contributed by atoms with E-state index in [1.807, 2.05) is 19.1 Å². The van der Waals surface area contributed by atoms with Crippen molar-refractivity contribution in [3.05, 3.63) is 82.3 Å². The lowest BCUT2D eigenvalue weighted by Gasteiger charge is -2.33. The molecule has 1 N–H and O–H groups in total. The second kappa shape index (κ2) is 7.66. The van der Waals surface area contributed by atoms with E-state index >= 15 is 0 Å². The molecule has 0 radical (unpaired) electrons. The fourth-order valence-corrected chi connectivity index (χ4v) is 5.78. The van der Waals surface area contributed by atoms with Crippen molar-refractivity contribution < 1.29 is 4.74 Å². The molecule has 0 fully saturated rings. The molecule has 31 heavy (non-hydrogen) atoms. The van der Waals surface area contributed by atoms with E-state index in [0.717, 1.165) is 32.9 Å². The molecule has 0 amide bonds. The molecule has 5 rings (SSSR count). The molecule has 1 aliphatic rings. The second-order valence-electron chi connectivity index (χ2n) is 8.20. The van der Waals surface area contributed by atoms with Crippen molar-refractivity contribution in [1.82, 2.24) is 3.96 Å². The van der Waals surface area contributed by atoms with E-state index in [-0.39, 0.29) is 5.54 Å². The van der Waals surface area contributed by atoms with Gasteiger partial charge in [0.25, 0.3) is 0 Å². The number of benzene rings is 3. The van der Waals surface area contributed by atoms with Crippen LogP contribution in [0.15, 0.2) is 72.8 Å². The van der Waals surface area contributed by atoms with Crippen molar-refractivity contribution in [3.63, 3.8) is 0 Å². The lowest BCUT2D eigenvalue weighted by Crippen LogP contribution is -2.30. The smallest absolute Gasteiger partial charge is 0.129 e. The highest BCUT2D eigenvalue weighted by Gasteiger charge is 2.34. The van der Waals surface area contributed by atoms with Crippen LogP contribution >= 0.6 is 23.8 Å². The fourth-order valence-electron chi connectivity index (χ4n) is 4.12. The summed E-state index contributed by atoms with van der Waals surface area (Å²) in [6.45, 7) is 7.06. The zero-order valence-electron chi connectivity index (χ0n) is 17.8. The van der Waals surface area contributed by atoms with Crippen molar-refractivity contribution in [2.24, 2.45) is 0 Å². The van der Waals surface area contributed by atoms with Gasteiger partial charge in [-0.05, 0) is 62.2 Å². The molecule has 156 valence electrons. The Morgan fingerprint density at radius 2 is 1.68 bits per heavy atom. The van der Waals surface area contributed by atoms with Gasteiger partial charge in [0.05, 0.1) is 22.7 Å². The maximum atomic E-state index is 6.01. The zero-order valence-corrected chi connectivity index (χ0v) is 19.4. The van der Waals surface area contributed by atoms with Gasteiger partial charge >= 0.3 is 0 Å². The molecule has 0 bridgehead atoms. The van der Waals surface area contributed by atoms with Crippen LogP contribution in [0, 0.1) is 4.64 Å². The number of fused-ring (bicyclic) bond motifs is 3. The number of ether oxygens (including phenoxy) is 1. The standard InChI is InChI=1S/C26H24N2OS2/c1-4-29-20-14-15-22-21(16-20)23-24(26(2,3)27-22)31-28(25(23)30)19-12-10-18(11-13-19)17-8-6-5-7-9-17/h5-16,27H,4H2,1-3H3. The number of hydrogen-bond acceptors (Lipinski definition) is 4. The van der Waals surface area contributed by atoms with Gasteiger partial charge in [0.1, 0.15) is 10.4 Å². The van der Waals surface area contributed by atoms with Gasteiger partial charge in [0, 0.05) is 16.8 Å². The summed E-state index contributed by atoms with van der Waals surface area (Å²) in [5, 5.41) is 3.68. The molecular formula is C26H24N2OS2. The molecule has 5 heteroatoms. The van der Waals surface area contributed by atoms with Gasteiger partial charge in [0.15, 0.2) is 0 Å². The van der Waals surface area contributed by atoms with Crippen LogP contribution in [0.4, 0.5) is 5.69 Å². The molecule has 0 aliphatic carbocycles. The molecule has 1 aliphatic heterocycles. The summed E-state index contributed by atoms with van der Waals surface area (Å²) in [6, 6.07) is 25.3. The maximum Gasteiger partial charge on any atom is 0.129 e. The van der Waals surface area contributed by atoms with Gasteiger partial charge in [-0.1, -0.05) is 66.2 Å². The quantitative estimate of drug-likeness (QED) is 0.327. The zero-order chi connectivity index (χ0) is 21.6. The first-order valence-electron chi connectivity index (χ1n) is 10.5. The van der Waals surface area contributed by atoms with Crippen LogP contribution < -0.4 is 10.1 Å². The first-order chi connectivity index (χ1) is 15.0. The lowest BCUT2D eigenvalue weighted by atomic mass is 9.90. The predicted octanol–water partition coefficient (Wildman–Crippen LogP) is 7.66. The van der Waals surface area contributed by atoms with Crippen LogP contribution in [0.5, 0.6) is 5.75 Å². The molecule has 0 unspecified atom stereocenters. The van der Waals surface area contributed by atoms with Crippen LogP contribution in [0.1, 0.15) is 25.6 Å². The van der Waals surface area contributed by atoms with E-state index in [4.69, 9.17) is 17.0 Å². The molecule has 0 spiro atoms. The van der Waals surface area contributed by atoms with Gasteiger partial charge in [-0.25, -0.2) is 0 Å². The maximum absolute atomic E-state index is 6.01. The van der Waals surface area contributed by atoms with E-state index in [1.165, 1.54) is 16.0 Å². The van der Waals surface area contributed by atoms with Crippen LogP contribution in [-0.2, 0) is 5.54 Å². The molecule has 0 saturated heterocycles. The average molecular weight is 445 g/mol. The number of nitrogens with zero attached hydrogens (tertiary/aromatic N) is 1. The third-order valence-electron chi connectivity index (χ3n) is 5.60. The Hall–Kier alpha value is -2.89. The summed E-state index contributed by atoms with van der Waals surface area (Å²) in [5.74, 6) is 0.869. The first-order valence-corrected chi connectivity index (χ1v) is 11.6. The van der Waals surface area contributed by atoms with Gasteiger partial charge in [-0.15, -0.1) is 0 Å². The Balaban J connectivity index is 1.62. The van der Waals surface area contributed by atoms with Crippen molar-refractivity contribution in [2.75, 3.05) is 11.9 Å². The topological polar surface area (TPSA) is 26.2 Å². The molecule has 1 aromatic heterocycles. The highest BCUT2D eigenvalue weighted by molar-refractivity contribution is 7.71. The molecule has 0 saturated carbocycles. The van der Waals surface area contributed by atoms with Crippen LogP contribution in [0.2, 0.25) is 0 Å². The van der Waals surface area contributed by atoms with E-state index in [2.05, 4.69) is 83.8 Å². The molecular weight excluding hydrogens is 420 g/mol. The van der Waals surface area contributed by atoms with E-state index < -0.39 is 0 Å². The number of nitrogens with one attached hydrogen (secondary N) is 1. The SMILES string of the molecule is CCOc1ccc2c(c1)-c1c(sn(-c3ccc(-c4ccccc4)cc3)c1=S)C(C)(C)N2. The lowest BCUT2D eigenvalue weighted by molar-refractivity contribution is 0.340. The van der Waals surface area contributed by atoms with Gasteiger partial charge < -0.3 is 10.1 Å². The van der Waals surface area contributed by atoms with Gasteiger partial charge in [0.2, 0.25) is 0 Å². The van der Waals surface area contributed by atoms with Crippen LogP contribution in [-0.4, -0.2) is 10.6 Å². The minimum absolute atomic E-state index is 0.205. The largest absolute Gasteiger partial charge is 0.494 e. The van der Waals surface area contributed by atoms with Gasteiger partial charge in [-0.3, -0.25) is 3.96 Å². The molecule has 2 heterocycles.